The number of aliphatic carboxylic acids is 1. The molecule has 5 heteroatoms. The molecule has 0 radical (unpaired) electrons. The summed E-state index contributed by atoms with van der Waals surface area (Å²) in [6, 6.07) is 6.33. The fourth-order valence-corrected chi connectivity index (χ4v) is 1.20. The number of nitrogens with one attached hydrogen (secondary N) is 1. The highest BCUT2D eigenvalue weighted by Gasteiger charge is 2.12. The first-order valence-corrected chi connectivity index (χ1v) is 5.32. The van der Waals surface area contributed by atoms with Crippen LogP contribution in [-0.4, -0.2) is 29.6 Å². The zero-order chi connectivity index (χ0) is 12.8. The average molecular weight is 237 g/mol. The summed E-state index contributed by atoms with van der Waals surface area (Å²) in [6.45, 7) is 3.84. The lowest BCUT2D eigenvalue weighted by Gasteiger charge is -2.10. The van der Waals surface area contributed by atoms with E-state index in [1.807, 2.05) is 6.92 Å². The number of rotatable bonds is 5. The maximum absolute atomic E-state index is 11.4. The standard InChI is InChI=1S/C12H15NO4/c1-3-13-11(14)9-4-6-10(7-5-9)17-8(2)12(15)16/h4-8H,3H2,1-2H3,(H,13,14)(H,15,16). The molecule has 0 fully saturated rings. The largest absolute Gasteiger partial charge is 0.479 e. The van der Waals surface area contributed by atoms with Crippen LogP contribution >= 0.6 is 0 Å². The van der Waals surface area contributed by atoms with E-state index in [0.717, 1.165) is 0 Å². The Bertz CT molecular complexity index is 399. The minimum Gasteiger partial charge on any atom is -0.479 e. The van der Waals surface area contributed by atoms with Gasteiger partial charge >= 0.3 is 5.97 Å². The van der Waals surface area contributed by atoms with E-state index < -0.39 is 12.1 Å². The normalized spacial score (nSPS) is 11.6. The molecule has 1 amide bonds. The average Bonchev–Trinajstić information content (AvgIpc) is 2.30. The van der Waals surface area contributed by atoms with Crippen LogP contribution in [0, 0.1) is 0 Å². The molecule has 17 heavy (non-hydrogen) atoms. The summed E-state index contributed by atoms with van der Waals surface area (Å²) >= 11 is 0. The van der Waals surface area contributed by atoms with E-state index in [1.54, 1.807) is 24.3 Å². The van der Waals surface area contributed by atoms with Crippen molar-refractivity contribution in [3.63, 3.8) is 0 Å². The van der Waals surface area contributed by atoms with Gasteiger partial charge in [0, 0.05) is 12.1 Å². The molecule has 1 aromatic rings. The Kier molecular flexibility index (Phi) is 4.51. The van der Waals surface area contributed by atoms with E-state index >= 15 is 0 Å². The Balaban J connectivity index is 2.68. The molecule has 0 spiro atoms. The molecule has 0 saturated carbocycles. The molecule has 2 N–H and O–H groups in total. The maximum atomic E-state index is 11.4. The molecule has 0 aromatic heterocycles. The third-order valence-corrected chi connectivity index (χ3v) is 2.11. The molecule has 1 aromatic carbocycles. The number of amides is 1. The van der Waals surface area contributed by atoms with E-state index in [4.69, 9.17) is 9.84 Å². The van der Waals surface area contributed by atoms with Gasteiger partial charge in [-0.05, 0) is 38.1 Å². The van der Waals surface area contributed by atoms with Crippen LogP contribution < -0.4 is 10.1 Å². The first-order valence-electron chi connectivity index (χ1n) is 5.32. The minimum absolute atomic E-state index is 0.162. The Hall–Kier alpha value is -2.04. The zero-order valence-electron chi connectivity index (χ0n) is 9.77. The molecule has 1 unspecified atom stereocenters. The van der Waals surface area contributed by atoms with Gasteiger partial charge in [0.25, 0.3) is 5.91 Å². The van der Waals surface area contributed by atoms with Gasteiger partial charge in [-0.1, -0.05) is 0 Å². The van der Waals surface area contributed by atoms with Gasteiger partial charge in [-0.25, -0.2) is 4.79 Å². The summed E-state index contributed by atoms with van der Waals surface area (Å²) in [5.74, 6) is -0.768. The summed E-state index contributed by atoms with van der Waals surface area (Å²) in [5.41, 5.74) is 0.516. The van der Waals surface area contributed by atoms with Crippen LogP contribution in [0.3, 0.4) is 0 Å². The van der Waals surface area contributed by atoms with Crippen molar-refractivity contribution in [3.05, 3.63) is 29.8 Å². The van der Waals surface area contributed by atoms with Gasteiger partial charge in [0.15, 0.2) is 6.10 Å². The first-order chi connectivity index (χ1) is 8.04. The van der Waals surface area contributed by atoms with Crippen LogP contribution in [0.5, 0.6) is 5.75 Å². The smallest absolute Gasteiger partial charge is 0.344 e. The molecule has 0 aliphatic heterocycles. The fraction of sp³-hybridized carbons (Fsp3) is 0.333. The predicted molar refractivity (Wildman–Crippen MR) is 62.2 cm³/mol. The summed E-state index contributed by atoms with van der Waals surface area (Å²) < 4.78 is 5.14. The lowest BCUT2D eigenvalue weighted by atomic mass is 10.2. The lowest BCUT2D eigenvalue weighted by Crippen LogP contribution is -2.23. The Labute approximate surface area is 99.4 Å². The third kappa shape index (κ3) is 3.79. The van der Waals surface area contributed by atoms with Crippen molar-refractivity contribution in [3.8, 4) is 5.75 Å². The van der Waals surface area contributed by atoms with E-state index in [9.17, 15) is 9.59 Å². The van der Waals surface area contributed by atoms with E-state index in [-0.39, 0.29) is 5.91 Å². The van der Waals surface area contributed by atoms with Crippen molar-refractivity contribution in [1.29, 1.82) is 0 Å². The number of carbonyl (C=O) groups excluding carboxylic acids is 1. The fourth-order valence-electron chi connectivity index (χ4n) is 1.20. The van der Waals surface area contributed by atoms with Crippen molar-refractivity contribution in [1.82, 2.24) is 5.32 Å². The van der Waals surface area contributed by atoms with E-state index in [0.29, 0.717) is 17.9 Å². The molecule has 5 nitrogen and oxygen atoms in total. The van der Waals surface area contributed by atoms with Crippen molar-refractivity contribution in [2.45, 2.75) is 20.0 Å². The number of carboxylic acid groups (broad SMARTS) is 1. The van der Waals surface area contributed by atoms with Crippen LogP contribution in [-0.2, 0) is 4.79 Å². The van der Waals surface area contributed by atoms with E-state index in [2.05, 4.69) is 5.32 Å². The molecule has 1 rings (SSSR count). The molecule has 0 aliphatic carbocycles. The second-order valence-corrected chi connectivity index (χ2v) is 3.48. The zero-order valence-corrected chi connectivity index (χ0v) is 9.77. The minimum atomic E-state index is -1.03. The van der Waals surface area contributed by atoms with Crippen molar-refractivity contribution in [2.24, 2.45) is 0 Å². The van der Waals surface area contributed by atoms with Crippen molar-refractivity contribution in [2.75, 3.05) is 6.54 Å². The molecule has 0 heterocycles. The summed E-state index contributed by atoms with van der Waals surface area (Å²) in [5, 5.41) is 11.3. The van der Waals surface area contributed by atoms with Gasteiger partial charge in [0.1, 0.15) is 5.75 Å². The second kappa shape index (κ2) is 5.89. The third-order valence-electron chi connectivity index (χ3n) is 2.11. The van der Waals surface area contributed by atoms with Gasteiger partial charge in [0.2, 0.25) is 0 Å². The van der Waals surface area contributed by atoms with Crippen LogP contribution in [0.2, 0.25) is 0 Å². The molecular weight excluding hydrogens is 222 g/mol. The number of benzene rings is 1. The molecule has 0 aliphatic rings. The van der Waals surface area contributed by atoms with Gasteiger partial charge in [-0.15, -0.1) is 0 Å². The molecular formula is C12H15NO4. The van der Waals surface area contributed by atoms with Crippen molar-refractivity contribution < 1.29 is 19.4 Å². The predicted octanol–water partition coefficient (Wildman–Crippen LogP) is 1.29. The molecule has 92 valence electrons. The monoisotopic (exact) mass is 237 g/mol. The topological polar surface area (TPSA) is 75.6 Å². The Morgan fingerprint density at radius 3 is 2.41 bits per heavy atom. The van der Waals surface area contributed by atoms with Gasteiger partial charge in [-0.2, -0.15) is 0 Å². The number of ether oxygens (including phenoxy) is 1. The van der Waals surface area contributed by atoms with Crippen LogP contribution in [0.4, 0.5) is 0 Å². The Morgan fingerprint density at radius 2 is 1.94 bits per heavy atom. The van der Waals surface area contributed by atoms with Crippen LogP contribution in [0.25, 0.3) is 0 Å². The maximum Gasteiger partial charge on any atom is 0.344 e. The van der Waals surface area contributed by atoms with Gasteiger partial charge in [0.05, 0.1) is 0 Å². The Morgan fingerprint density at radius 1 is 1.35 bits per heavy atom. The highest BCUT2D eigenvalue weighted by atomic mass is 16.5. The molecule has 0 saturated heterocycles. The summed E-state index contributed by atoms with van der Waals surface area (Å²) in [6.07, 6.45) is -0.912. The number of carboxylic acids is 1. The summed E-state index contributed by atoms with van der Waals surface area (Å²) in [7, 11) is 0. The van der Waals surface area contributed by atoms with Gasteiger partial charge < -0.3 is 15.2 Å². The molecule has 1 atom stereocenters. The lowest BCUT2D eigenvalue weighted by molar-refractivity contribution is -0.144. The molecule has 0 bridgehead atoms. The number of hydrogen-bond acceptors (Lipinski definition) is 3. The highest BCUT2D eigenvalue weighted by Crippen LogP contribution is 2.13. The quantitative estimate of drug-likeness (QED) is 0.809. The number of hydrogen-bond donors (Lipinski definition) is 2. The number of carbonyl (C=O) groups is 2. The summed E-state index contributed by atoms with van der Waals surface area (Å²) in [4.78, 5) is 22.0. The van der Waals surface area contributed by atoms with Gasteiger partial charge in [-0.3, -0.25) is 4.79 Å². The van der Waals surface area contributed by atoms with E-state index in [1.165, 1.54) is 6.92 Å². The van der Waals surface area contributed by atoms with Crippen LogP contribution in [0.15, 0.2) is 24.3 Å². The highest BCUT2D eigenvalue weighted by molar-refractivity contribution is 5.94. The second-order valence-electron chi connectivity index (χ2n) is 3.48. The SMILES string of the molecule is CCNC(=O)c1ccc(OC(C)C(=O)O)cc1. The van der Waals surface area contributed by atoms with Crippen molar-refractivity contribution >= 4 is 11.9 Å². The van der Waals surface area contributed by atoms with Crippen LogP contribution in [0.1, 0.15) is 24.2 Å². The first kappa shape index (κ1) is 13.0.